The number of carbonyl (C=O) groups excluding carboxylic acids is 2. The van der Waals surface area contributed by atoms with E-state index in [-0.39, 0.29) is 32.6 Å². The summed E-state index contributed by atoms with van der Waals surface area (Å²) in [5, 5.41) is 0. The molecule has 0 saturated carbocycles. The fourth-order valence-corrected chi connectivity index (χ4v) is 7.42. The molecule has 62 heavy (non-hydrogen) atoms. The Hall–Kier alpha value is -2.55. The number of phosphoric acid groups is 1. The maximum atomic E-state index is 12.6. The first-order valence-corrected chi connectivity index (χ1v) is 26.4. The van der Waals surface area contributed by atoms with Crippen molar-refractivity contribution in [3.05, 3.63) is 72.9 Å². The van der Waals surface area contributed by atoms with Crippen LogP contribution in [-0.2, 0) is 32.7 Å². The van der Waals surface area contributed by atoms with Crippen LogP contribution >= 0.6 is 7.82 Å². The van der Waals surface area contributed by atoms with Gasteiger partial charge in [-0.15, -0.1) is 0 Å². The number of hydrogen-bond acceptors (Lipinski definition) is 8. The van der Waals surface area contributed by atoms with Crippen molar-refractivity contribution in [1.29, 1.82) is 0 Å². The average molecular weight is 890 g/mol. The van der Waals surface area contributed by atoms with Gasteiger partial charge in [-0.2, -0.15) is 0 Å². The first kappa shape index (κ1) is 59.5. The Balaban J connectivity index is 4.11. The molecule has 358 valence electrons. The molecule has 0 amide bonds. The van der Waals surface area contributed by atoms with Gasteiger partial charge >= 0.3 is 19.8 Å². The van der Waals surface area contributed by atoms with Gasteiger partial charge in [0.25, 0.3) is 0 Å². The highest BCUT2D eigenvalue weighted by molar-refractivity contribution is 7.47. The van der Waals surface area contributed by atoms with Gasteiger partial charge in [-0.1, -0.05) is 189 Å². The summed E-state index contributed by atoms with van der Waals surface area (Å²) in [7, 11) is -4.39. The predicted molar refractivity (Wildman–Crippen MR) is 261 cm³/mol. The summed E-state index contributed by atoms with van der Waals surface area (Å²) in [6.45, 7) is 3.61. The van der Waals surface area contributed by atoms with E-state index in [0.717, 1.165) is 89.9 Å². The molecule has 0 radical (unpaired) electrons. The molecular weight excluding hydrogens is 798 g/mol. The summed E-state index contributed by atoms with van der Waals surface area (Å²) in [4.78, 5) is 35.0. The summed E-state index contributed by atoms with van der Waals surface area (Å²) in [6, 6.07) is 0. The molecule has 0 aliphatic heterocycles. The lowest BCUT2D eigenvalue weighted by Gasteiger charge is -2.19. The Bertz CT molecular complexity index is 1240. The zero-order chi connectivity index (χ0) is 45.3. The molecule has 0 spiro atoms. The SMILES string of the molecule is CC/C=C\C/C=C\C/C=C\C/C=C\C/C=C\CCCCCCCCCC(=O)OC(COC(=O)CCCCCCCCC/C=C\CCCCCCCCC)COP(=O)(O)OCCN. The molecule has 9 nitrogen and oxygen atoms in total. The second-order valence-corrected chi connectivity index (χ2v) is 17.8. The van der Waals surface area contributed by atoms with Crippen LogP contribution in [0.15, 0.2) is 72.9 Å². The van der Waals surface area contributed by atoms with Gasteiger partial charge in [0, 0.05) is 19.4 Å². The van der Waals surface area contributed by atoms with Crippen LogP contribution in [0.3, 0.4) is 0 Å². The van der Waals surface area contributed by atoms with E-state index in [0.29, 0.717) is 6.42 Å². The second kappa shape index (κ2) is 47.9. The number of rotatable bonds is 46. The quantitative estimate of drug-likeness (QED) is 0.0265. The summed E-state index contributed by atoms with van der Waals surface area (Å²) in [5.41, 5.74) is 5.36. The Morgan fingerprint density at radius 2 is 0.887 bits per heavy atom. The van der Waals surface area contributed by atoms with Crippen molar-refractivity contribution in [3.8, 4) is 0 Å². The Morgan fingerprint density at radius 1 is 0.500 bits per heavy atom. The van der Waals surface area contributed by atoms with E-state index in [2.05, 4.69) is 86.8 Å². The largest absolute Gasteiger partial charge is 0.472 e. The van der Waals surface area contributed by atoms with Gasteiger partial charge in [0.2, 0.25) is 0 Å². The average Bonchev–Trinajstić information content (AvgIpc) is 3.26. The first-order chi connectivity index (χ1) is 30.3. The molecule has 0 saturated heterocycles. The number of ether oxygens (including phenoxy) is 2. The number of carbonyl (C=O) groups is 2. The van der Waals surface area contributed by atoms with E-state index in [9.17, 15) is 19.0 Å². The highest BCUT2D eigenvalue weighted by Crippen LogP contribution is 2.43. The highest BCUT2D eigenvalue weighted by atomic mass is 31.2. The number of nitrogens with two attached hydrogens (primary N) is 1. The van der Waals surface area contributed by atoms with E-state index in [1.54, 1.807) is 0 Å². The third kappa shape index (κ3) is 46.9. The Labute approximate surface area is 380 Å². The molecule has 10 heteroatoms. The van der Waals surface area contributed by atoms with Crippen LogP contribution in [-0.4, -0.2) is 49.3 Å². The molecule has 0 aromatic carbocycles. The van der Waals surface area contributed by atoms with Gasteiger partial charge in [0.05, 0.1) is 13.2 Å². The van der Waals surface area contributed by atoms with Crippen molar-refractivity contribution in [2.45, 2.75) is 219 Å². The lowest BCUT2D eigenvalue weighted by atomic mass is 10.1. The van der Waals surface area contributed by atoms with Crippen molar-refractivity contribution in [2.24, 2.45) is 5.73 Å². The zero-order valence-corrected chi connectivity index (χ0v) is 40.5. The van der Waals surface area contributed by atoms with Crippen LogP contribution in [0.2, 0.25) is 0 Å². The fourth-order valence-electron chi connectivity index (χ4n) is 6.66. The van der Waals surface area contributed by atoms with Gasteiger partial charge in [-0.05, 0) is 83.5 Å². The molecule has 0 heterocycles. The monoisotopic (exact) mass is 890 g/mol. The molecular formula is C52H92NO8P. The maximum absolute atomic E-state index is 12.6. The minimum Gasteiger partial charge on any atom is -0.462 e. The van der Waals surface area contributed by atoms with E-state index in [1.807, 2.05) is 0 Å². The van der Waals surface area contributed by atoms with E-state index >= 15 is 0 Å². The fraction of sp³-hybridized carbons (Fsp3) is 0.731. The van der Waals surface area contributed by atoms with E-state index in [4.69, 9.17) is 24.3 Å². The number of allylic oxidation sites excluding steroid dienone is 12. The zero-order valence-electron chi connectivity index (χ0n) is 39.6. The van der Waals surface area contributed by atoms with E-state index < -0.39 is 32.5 Å². The molecule has 0 bridgehead atoms. The standard InChI is InChI=1S/C52H92NO8P/c1-3-5-7-9-11-13-15-17-19-21-23-24-25-26-27-29-31-33-35-37-39-41-43-45-52(55)61-50(49-60-62(56,57)59-47-46-53)48-58-51(54)44-42-40-38-36-34-32-30-28-22-20-18-16-14-12-10-8-6-4-2/h5,7,11,13,17,19-20,22-24,26-27,50H,3-4,6,8-10,12,14-16,18,21,25,28-49,53H2,1-2H3,(H,56,57)/b7-5-,13-11-,19-17-,22-20-,24-23-,27-26-. The van der Waals surface area contributed by atoms with Gasteiger partial charge < -0.3 is 20.1 Å². The topological polar surface area (TPSA) is 134 Å². The molecule has 0 fully saturated rings. The lowest BCUT2D eigenvalue weighted by molar-refractivity contribution is -0.161. The van der Waals surface area contributed by atoms with Crippen molar-refractivity contribution >= 4 is 19.8 Å². The van der Waals surface area contributed by atoms with Gasteiger partial charge in [0.15, 0.2) is 6.10 Å². The first-order valence-electron chi connectivity index (χ1n) is 24.9. The van der Waals surface area contributed by atoms with Crippen molar-refractivity contribution in [2.75, 3.05) is 26.4 Å². The third-order valence-electron chi connectivity index (χ3n) is 10.3. The van der Waals surface area contributed by atoms with Crippen molar-refractivity contribution in [3.63, 3.8) is 0 Å². The van der Waals surface area contributed by atoms with Crippen LogP contribution < -0.4 is 5.73 Å². The van der Waals surface area contributed by atoms with Crippen LogP contribution in [0.4, 0.5) is 0 Å². The second-order valence-electron chi connectivity index (χ2n) is 16.3. The Kier molecular flexibility index (Phi) is 45.9. The third-order valence-corrected chi connectivity index (χ3v) is 11.3. The van der Waals surface area contributed by atoms with E-state index in [1.165, 1.54) is 89.9 Å². The number of phosphoric ester groups is 1. The maximum Gasteiger partial charge on any atom is 0.472 e. The van der Waals surface area contributed by atoms with Gasteiger partial charge in [0.1, 0.15) is 6.61 Å². The Morgan fingerprint density at radius 3 is 1.34 bits per heavy atom. The minimum atomic E-state index is -4.39. The van der Waals surface area contributed by atoms with Crippen LogP contribution in [0.1, 0.15) is 213 Å². The molecule has 0 aromatic heterocycles. The molecule has 2 atom stereocenters. The molecule has 0 aliphatic rings. The van der Waals surface area contributed by atoms with Crippen LogP contribution in [0.5, 0.6) is 0 Å². The highest BCUT2D eigenvalue weighted by Gasteiger charge is 2.26. The van der Waals surface area contributed by atoms with Crippen LogP contribution in [0, 0.1) is 0 Å². The van der Waals surface area contributed by atoms with Crippen molar-refractivity contribution in [1.82, 2.24) is 0 Å². The lowest BCUT2D eigenvalue weighted by Crippen LogP contribution is -2.29. The summed E-state index contributed by atoms with van der Waals surface area (Å²) in [5.74, 6) is -0.847. The van der Waals surface area contributed by atoms with Crippen molar-refractivity contribution < 1.29 is 37.6 Å². The number of unbranched alkanes of at least 4 members (excludes halogenated alkanes) is 21. The molecule has 0 aliphatic carbocycles. The van der Waals surface area contributed by atoms with Gasteiger partial charge in [-0.3, -0.25) is 18.6 Å². The minimum absolute atomic E-state index is 0.0477. The summed E-state index contributed by atoms with van der Waals surface area (Å²) < 4.78 is 32.9. The molecule has 2 unspecified atom stereocenters. The smallest absolute Gasteiger partial charge is 0.462 e. The van der Waals surface area contributed by atoms with Crippen LogP contribution in [0.25, 0.3) is 0 Å². The number of hydrogen-bond donors (Lipinski definition) is 2. The van der Waals surface area contributed by atoms with Gasteiger partial charge in [-0.25, -0.2) is 4.57 Å². The molecule has 3 N–H and O–H groups in total. The molecule has 0 rings (SSSR count). The number of esters is 2. The predicted octanol–water partition coefficient (Wildman–Crippen LogP) is 15.0. The normalized spacial score (nSPS) is 13.8. The molecule has 0 aromatic rings. The summed E-state index contributed by atoms with van der Waals surface area (Å²) in [6.07, 6.45) is 59.3. The summed E-state index contributed by atoms with van der Waals surface area (Å²) >= 11 is 0.